The van der Waals surface area contributed by atoms with Crippen LogP contribution in [0.3, 0.4) is 0 Å². The lowest BCUT2D eigenvalue weighted by molar-refractivity contribution is 0.0736. The molecule has 0 saturated heterocycles. The number of aryl methyl sites for hydroxylation is 3. The van der Waals surface area contributed by atoms with Crippen LogP contribution < -0.4 is 0 Å². The monoisotopic (exact) mass is 297 g/mol. The first-order valence-electron chi connectivity index (χ1n) is 7.96. The first kappa shape index (κ1) is 14.8. The molecule has 1 unspecified atom stereocenters. The molecule has 3 rings (SSSR count). The van der Waals surface area contributed by atoms with Gasteiger partial charge in [0.15, 0.2) is 0 Å². The summed E-state index contributed by atoms with van der Waals surface area (Å²) in [6.07, 6.45) is 5.23. The molecule has 2 aromatic rings. The van der Waals surface area contributed by atoms with E-state index >= 15 is 0 Å². The molecule has 2 heterocycles. The van der Waals surface area contributed by atoms with E-state index in [-0.39, 0.29) is 11.9 Å². The van der Waals surface area contributed by atoms with Gasteiger partial charge >= 0.3 is 0 Å². The molecule has 1 aromatic heterocycles. The number of carbonyl (C=O) groups is 1. The van der Waals surface area contributed by atoms with Crippen molar-refractivity contribution in [2.45, 2.75) is 45.7 Å². The quantitative estimate of drug-likeness (QED) is 0.871. The van der Waals surface area contributed by atoms with Gasteiger partial charge in [-0.15, -0.1) is 0 Å². The summed E-state index contributed by atoms with van der Waals surface area (Å²) in [4.78, 5) is 19.1. The average Bonchev–Trinajstić information content (AvgIpc) is 2.97. The van der Waals surface area contributed by atoms with E-state index in [1.165, 1.54) is 24.0 Å². The second-order valence-corrected chi connectivity index (χ2v) is 6.14. The van der Waals surface area contributed by atoms with Crippen LogP contribution in [0.25, 0.3) is 0 Å². The van der Waals surface area contributed by atoms with Crippen molar-refractivity contribution in [3.05, 3.63) is 53.1 Å². The molecule has 1 aromatic carbocycles. The standard InChI is InChI=1S/C18H23N3O/c1-13-8-4-5-9-15(13)14(2)20(3)18(22)16-12-21-11-7-6-10-17(21)19-16/h4-5,8-9,12,14H,6-7,10-11H2,1-3H3. The van der Waals surface area contributed by atoms with Crippen LogP contribution in [0.1, 0.15) is 53.2 Å². The number of hydrogen-bond donors (Lipinski definition) is 0. The molecule has 22 heavy (non-hydrogen) atoms. The Morgan fingerprint density at radius 1 is 1.32 bits per heavy atom. The van der Waals surface area contributed by atoms with E-state index in [1.54, 1.807) is 4.90 Å². The van der Waals surface area contributed by atoms with E-state index in [2.05, 4.69) is 35.5 Å². The van der Waals surface area contributed by atoms with Crippen molar-refractivity contribution in [1.82, 2.24) is 14.5 Å². The van der Waals surface area contributed by atoms with Gasteiger partial charge in [-0.3, -0.25) is 4.79 Å². The van der Waals surface area contributed by atoms with Gasteiger partial charge in [0.05, 0.1) is 6.04 Å². The van der Waals surface area contributed by atoms with Crippen molar-refractivity contribution < 1.29 is 4.79 Å². The number of benzene rings is 1. The fraction of sp³-hybridized carbons (Fsp3) is 0.444. The maximum Gasteiger partial charge on any atom is 0.274 e. The second kappa shape index (κ2) is 5.95. The van der Waals surface area contributed by atoms with E-state index in [0.29, 0.717) is 5.69 Å². The Kier molecular flexibility index (Phi) is 4.01. The third kappa shape index (κ3) is 2.65. The van der Waals surface area contributed by atoms with Crippen molar-refractivity contribution in [3.8, 4) is 0 Å². The zero-order chi connectivity index (χ0) is 15.7. The Hall–Kier alpha value is -2.10. The molecule has 4 nitrogen and oxygen atoms in total. The predicted molar refractivity (Wildman–Crippen MR) is 86.9 cm³/mol. The fourth-order valence-corrected chi connectivity index (χ4v) is 3.14. The Morgan fingerprint density at radius 2 is 2.09 bits per heavy atom. The number of carbonyl (C=O) groups excluding carboxylic acids is 1. The molecule has 1 atom stereocenters. The summed E-state index contributed by atoms with van der Waals surface area (Å²) in [5.41, 5.74) is 2.96. The maximum absolute atomic E-state index is 12.7. The van der Waals surface area contributed by atoms with Crippen LogP contribution >= 0.6 is 0 Å². The lowest BCUT2D eigenvalue weighted by atomic mass is 10.0. The van der Waals surface area contributed by atoms with Gasteiger partial charge in [-0.05, 0) is 37.8 Å². The molecule has 0 N–H and O–H groups in total. The molecule has 4 heteroatoms. The highest BCUT2D eigenvalue weighted by atomic mass is 16.2. The highest BCUT2D eigenvalue weighted by Gasteiger charge is 2.23. The first-order valence-corrected chi connectivity index (χ1v) is 7.96. The van der Waals surface area contributed by atoms with Crippen LogP contribution in [0.2, 0.25) is 0 Å². The molecule has 1 aliphatic heterocycles. The van der Waals surface area contributed by atoms with Gasteiger partial charge in [0.1, 0.15) is 11.5 Å². The van der Waals surface area contributed by atoms with Gasteiger partial charge in [-0.25, -0.2) is 4.98 Å². The molecule has 1 aliphatic rings. The number of aromatic nitrogens is 2. The molecule has 116 valence electrons. The first-order chi connectivity index (χ1) is 10.6. The zero-order valence-corrected chi connectivity index (χ0v) is 13.5. The van der Waals surface area contributed by atoms with E-state index in [1.807, 2.05) is 25.4 Å². The molecule has 0 bridgehead atoms. The summed E-state index contributed by atoms with van der Waals surface area (Å²) in [7, 11) is 1.86. The van der Waals surface area contributed by atoms with E-state index in [9.17, 15) is 4.79 Å². The van der Waals surface area contributed by atoms with Gasteiger partial charge in [0.2, 0.25) is 0 Å². The van der Waals surface area contributed by atoms with Gasteiger partial charge in [0.25, 0.3) is 5.91 Å². The highest BCUT2D eigenvalue weighted by Crippen LogP contribution is 2.24. The van der Waals surface area contributed by atoms with Crippen molar-refractivity contribution in [2.75, 3.05) is 7.05 Å². The van der Waals surface area contributed by atoms with Gasteiger partial charge in [-0.2, -0.15) is 0 Å². The van der Waals surface area contributed by atoms with Crippen molar-refractivity contribution in [3.63, 3.8) is 0 Å². The molecule has 0 radical (unpaired) electrons. The average molecular weight is 297 g/mol. The number of fused-ring (bicyclic) bond motifs is 1. The van der Waals surface area contributed by atoms with Gasteiger partial charge in [-0.1, -0.05) is 24.3 Å². The van der Waals surface area contributed by atoms with Crippen molar-refractivity contribution >= 4 is 5.91 Å². The van der Waals surface area contributed by atoms with E-state index < -0.39 is 0 Å². The number of imidazole rings is 1. The minimum atomic E-state index is -0.00217. The fourth-order valence-electron chi connectivity index (χ4n) is 3.14. The summed E-state index contributed by atoms with van der Waals surface area (Å²) >= 11 is 0. The van der Waals surface area contributed by atoms with Crippen LogP contribution in [0, 0.1) is 6.92 Å². The molecular formula is C18H23N3O. The molecule has 0 spiro atoms. The second-order valence-electron chi connectivity index (χ2n) is 6.14. The Labute approximate surface area is 131 Å². The Bertz CT molecular complexity index is 666. The number of rotatable bonds is 3. The number of hydrogen-bond acceptors (Lipinski definition) is 2. The van der Waals surface area contributed by atoms with Gasteiger partial charge in [0, 0.05) is 26.2 Å². The molecular weight excluding hydrogens is 274 g/mol. The summed E-state index contributed by atoms with van der Waals surface area (Å²) in [5.74, 6) is 1.05. The topological polar surface area (TPSA) is 38.1 Å². The summed E-state index contributed by atoms with van der Waals surface area (Å²) in [5, 5.41) is 0. The lowest BCUT2D eigenvalue weighted by Gasteiger charge is -2.25. The van der Waals surface area contributed by atoms with Gasteiger partial charge < -0.3 is 9.47 Å². The SMILES string of the molecule is Cc1ccccc1C(C)N(C)C(=O)c1cn2c(n1)CCCC2. The molecule has 0 aliphatic carbocycles. The predicted octanol–water partition coefficient (Wildman–Crippen LogP) is 3.36. The van der Waals surface area contributed by atoms with Crippen molar-refractivity contribution in [2.24, 2.45) is 0 Å². The summed E-state index contributed by atoms with van der Waals surface area (Å²) in [6, 6.07) is 8.25. The maximum atomic E-state index is 12.7. The Balaban J connectivity index is 1.82. The zero-order valence-electron chi connectivity index (χ0n) is 13.5. The van der Waals surface area contributed by atoms with Crippen LogP contribution in [0.15, 0.2) is 30.5 Å². The van der Waals surface area contributed by atoms with Crippen LogP contribution in [-0.4, -0.2) is 27.4 Å². The smallest absolute Gasteiger partial charge is 0.274 e. The van der Waals surface area contributed by atoms with Crippen LogP contribution in [-0.2, 0) is 13.0 Å². The van der Waals surface area contributed by atoms with Crippen LogP contribution in [0.5, 0.6) is 0 Å². The minimum absolute atomic E-state index is 0.00217. The Morgan fingerprint density at radius 3 is 2.82 bits per heavy atom. The summed E-state index contributed by atoms with van der Waals surface area (Å²) in [6.45, 7) is 5.13. The third-order valence-corrected chi connectivity index (χ3v) is 4.67. The van der Waals surface area contributed by atoms with E-state index in [0.717, 1.165) is 18.8 Å². The van der Waals surface area contributed by atoms with E-state index in [4.69, 9.17) is 0 Å². The van der Waals surface area contributed by atoms with Crippen LogP contribution in [0.4, 0.5) is 0 Å². The molecule has 0 saturated carbocycles. The normalized spacial score (nSPS) is 15.2. The number of nitrogens with zero attached hydrogens (tertiary/aromatic N) is 3. The largest absolute Gasteiger partial charge is 0.334 e. The lowest BCUT2D eigenvalue weighted by Crippen LogP contribution is -2.30. The highest BCUT2D eigenvalue weighted by molar-refractivity contribution is 5.92. The third-order valence-electron chi connectivity index (χ3n) is 4.67. The molecule has 0 fully saturated rings. The molecule has 1 amide bonds. The van der Waals surface area contributed by atoms with Crippen molar-refractivity contribution in [1.29, 1.82) is 0 Å². The minimum Gasteiger partial charge on any atom is -0.334 e. The summed E-state index contributed by atoms with van der Waals surface area (Å²) < 4.78 is 2.13. The number of amides is 1.